The summed E-state index contributed by atoms with van der Waals surface area (Å²) in [6.07, 6.45) is 7.75. The number of aryl methyl sites for hydroxylation is 1. The van der Waals surface area contributed by atoms with Crippen molar-refractivity contribution in [3.05, 3.63) is 47.0 Å². The van der Waals surface area contributed by atoms with Crippen LogP contribution in [-0.4, -0.2) is 5.11 Å². The molecule has 1 nitrogen and oxygen atoms in total. The maximum atomic E-state index is 10.2. The van der Waals surface area contributed by atoms with E-state index in [1.54, 1.807) is 0 Å². The summed E-state index contributed by atoms with van der Waals surface area (Å²) in [5.74, 6) is 0. The van der Waals surface area contributed by atoms with Gasteiger partial charge in [0.2, 0.25) is 0 Å². The molecule has 0 saturated carbocycles. The van der Waals surface area contributed by atoms with Crippen LogP contribution in [0.2, 0.25) is 0 Å². The highest BCUT2D eigenvalue weighted by Gasteiger charge is 2.13. The number of rotatable bonds is 3. The van der Waals surface area contributed by atoms with E-state index < -0.39 is 0 Å². The lowest BCUT2D eigenvalue weighted by atomic mass is 9.91. The highest BCUT2D eigenvalue weighted by atomic mass is 16.3. The molecular weight excluding hydrogens is 196 g/mol. The second-order valence-corrected chi connectivity index (χ2v) is 4.68. The molecule has 16 heavy (non-hydrogen) atoms. The van der Waals surface area contributed by atoms with E-state index in [1.165, 1.54) is 36.8 Å². The van der Waals surface area contributed by atoms with Crippen LogP contribution in [0.5, 0.6) is 0 Å². The minimum atomic E-state index is -0.328. The van der Waals surface area contributed by atoms with Crippen molar-refractivity contribution in [1.29, 1.82) is 0 Å². The van der Waals surface area contributed by atoms with Crippen molar-refractivity contribution < 1.29 is 5.11 Å². The Labute approximate surface area is 97.8 Å². The van der Waals surface area contributed by atoms with Gasteiger partial charge in [0, 0.05) is 0 Å². The minimum absolute atomic E-state index is 0.328. The highest BCUT2D eigenvalue weighted by molar-refractivity contribution is 5.28. The van der Waals surface area contributed by atoms with E-state index in [1.807, 2.05) is 18.2 Å². The SMILES string of the molecule is Cc1ccccc1C(O)CC1=CCCCC1. The summed E-state index contributed by atoms with van der Waals surface area (Å²) in [5.41, 5.74) is 3.70. The summed E-state index contributed by atoms with van der Waals surface area (Å²) in [5, 5.41) is 10.2. The van der Waals surface area contributed by atoms with E-state index in [-0.39, 0.29) is 6.10 Å². The molecule has 0 amide bonds. The van der Waals surface area contributed by atoms with Crippen LogP contribution in [0.25, 0.3) is 0 Å². The largest absolute Gasteiger partial charge is 0.388 e. The zero-order chi connectivity index (χ0) is 11.4. The smallest absolute Gasteiger partial charge is 0.0829 e. The fourth-order valence-electron chi connectivity index (χ4n) is 2.41. The zero-order valence-electron chi connectivity index (χ0n) is 9.95. The summed E-state index contributed by atoms with van der Waals surface area (Å²) in [4.78, 5) is 0. The molecule has 0 saturated heterocycles. The monoisotopic (exact) mass is 216 g/mol. The molecule has 0 fully saturated rings. The predicted octanol–water partition coefficient (Wildman–Crippen LogP) is 3.92. The van der Waals surface area contributed by atoms with E-state index >= 15 is 0 Å². The molecular formula is C15H20O. The second kappa shape index (κ2) is 5.31. The van der Waals surface area contributed by atoms with Gasteiger partial charge in [0.25, 0.3) is 0 Å². The fraction of sp³-hybridized carbons (Fsp3) is 0.467. The van der Waals surface area contributed by atoms with E-state index in [0.29, 0.717) is 0 Å². The number of hydrogen-bond donors (Lipinski definition) is 1. The maximum Gasteiger partial charge on any atom is 0.0829 e. The molecule has 2 rings (SSSR count). The molecule has 1 heteroatoms. The lowest BCUT2D eigenvalue weighted by Crippen LogP contribution is -2.03. The van der Waals surface area contributed by atoms with Crippen molar-refractivity contribution in [2.45, 2.75) is 45.1 Å². The first-order valence-corrected chi connectivity index (χ1v) is 6.19. The standard InChI is InChI=1S/C15H20O/c1-12-7-5-6-10-14(12)15(16)11-13-8-3-2-4-9-13/h5-8,10,15-16H,2-4,9,11H2,1H3. The normalized spacial score (nSPS) is 18.0. The first kappa shape index (κ1) is 11.4. The zero-order valence-corrected chi connectivity index (χ0v) is 9.95. The van der Waals surface area contributed by atoms with Gasteiger partial charge in [-0.25, -0.2) is 0 Å². The molecule has 1 N–H and O–H groups in total. The number of allylic oxidation sites excluding steroid dienone is 1. The molecule has 1 unspecified atom stereocenters. The van der Waals surface area contributed by atoms with Crippen LogP contribution in [0.15, 0.2) is 35.9 Å². The molecule has 1 atom stereocenters. The van der Waals surface area contributed by atoms with E-state index in [4.69, 9.17) is 0 Å². The van der Waals surface area contributed by atoms with Crippen molar-refractivity contribution in [2.75, 3.05) is 0 Å². The third-order valence-corrected chi connectivity index (χ3v) is 3.39. The summed E-state index contributed by atoms with van der Waals surface area (Å²) >= 11 is 0. The number of hydrogen-bond acceptors (Lipinski definition) is 1. The van der Waals surface area contributed by atoms with Gasteiger partial charge < -0.3 is 5.11 Å². The van der Waals surface area contributed by atoms with E-state index in [9.17, 15) is 5.11 Å². The first-order chi connectivity index (χ1) is 7.77. The third-order valence-electron chi connectivity index (χ3n) is 3.39. The number of aliphatic hydroxyl groups excluding tert-OH is 1. The van der Waals surface area contributed by atoms with Gasteiger partial charge in [-0.3, -0.25) is 0 Å². The molecule has 0 radical (unpaired) electrons. The topological polar surface area (TPSA) is 20.2 Å². The van der Waals surface area contributed by atoms with Gasteiger partial charge in [0.15, 0.2) is 0 Å². The van der Waals surface area contributed by atoms with Crippen molar-refractivity contribution >= 4 is 0 Å². The Morgan fingerprint density at radius 3 is 2.75 bits per heavy atom. The first-order valence-electron chi connectivity index (χ1n) is 6.19. The van der Waals surface area contributed by atoms with Crippen LogP contribution in [0.4, 0.5) is 0 Å². The molecule has 1 aromatic rings. The van der Waals surface area contributed by atoms with Gasteiger partial charge in [-0.2, -0.15) is 0 Å². The third kappa shape index (κ3) is 2.73. The Kier molecular flexibility index (Phi) is 3.79. The Balaban J connectivity index is 2.05. The molecule has 1 aliphatic rings. The molecule has 0 bridgehead atoms. The molecule has 86 valence electrons. The van der Waals surface area contributed by atoms with Crippen LogP contribution < -0.4 is 0 Å². The Morgan fingerprint density at radius 1 is 1.25 bits per heavy atom. The lowest BCUT2D eigenvalue weighted by molar-refractivity contribution is 0.176. The van der Waals surface area contributed by atoms with Crippen LogP contribution in [0.1, 0.15) is 49.3 Å². The molecule has 0 aromatic heterocycles. The van der Waals surface area contributed by atoms with Gasteiger partial charge in [0.05, 0.1) is 6.10 Å². The molecule has 0 aliphatic heterocycles. The average molecular weight is 216 g/mol. The highest BCUT2D eigenvalue weighted by Crippen LogP contribution is 2.28. The minimum Gasteiger partial charge on any atom is -0.388 e. The lowest BCUT2D eigenvalue weighted by Gasteiger charge is -2.18. The summed E-state index contributed by atoms with van der Waals surface area (Å²) < 4.78 is 0. The van der Waals surface area contributed by atoms with Gasteiger partial charge in [0.1, 0.15) is 0 Å². The van der Waals surface area contributed by atoms with Gasteiger partial charge >= 0.3 is 0 Å². The second-order valence-electron chi connectivity index (χ2n) is 4.68. The van der Waals surface area contributed by atoms with Crippen LogP contribution in [0.3, 0.4) is 0 Å². The van der Waals surface area contributed by atoms with Gasteiger partial charge in [-0.1, -0.05) is 35.9 Å². The summed E-state index contributed by atoms with van der Waals surface area (Å²) in [6.45, 7) is 2.06. The van der Waals surface area contributed by atoms with Crippen molar-refractivity contribution in [1.82, 2.24) is 0 Å². The summed E-state index contributed by atoms with van der Waals surface area (Å²) in [7, 11) is 0. The van der Waals surface area contributed by atoms with Crippen LogP contribution in [-0.2, 0) is 0 Å². The maximum absolute atomic E-state index is 10.2. The molecule has 1 aromatic carbocycles. The molecule has 0 spiro atoms. The van der Waals surface area contributed by atoms with Crippen molar-refractivity contribution in [2.24, 2.45) is 0 Å². The Hall–Kier alpha value is -1.08. The van der Waals surface area contributed by atoms with Crippen LogP contribution in [0, 0.1) is 6.92 Å². The quantitative estimate of drug-likeness (QED) is 0.759. The van der Waals surface area contributed by atoms with E-state index in [0.717, 1.165) is 12.0 Å². The number of benzene rings is 1. The Morgan fingerprint density at radius 2 is 2.06 bits per heavy atom. The van der Waals surface area contributed by atoms with Crippen molar-refractivity contribution in [3.63, 3.8) is 0 Å². The fourth-order valence-corrected chi connectivity index (χ4v) is 2.41. The summed E-state index contributed by atoms with van der Waals surface area (Å²) in [6, 6.07) is 8.11. The van der Waals surface area contributed by atoms with Crippen LogP contribution >= 0.6 is 0 Å². The van der Waals surface area contributed by atoms with Gasteiger partial charge in [-0.05, 0) is 50.2 Å². The Bertz CT molecular complexity index is 379. The predicted molar refractivity (Wildman–Crippen MR) is 67.3 cm³/mol. The number of aliphatic hydroxyl groups is 1. The van der Waals surface area contributed by atoms with Crippen molar-refractivity contribution in [3.8, 4) is 0 Å². The molecule has 1 aliphatic carbocycles. The van der Waals surface area contributed by atoms with E-state index in [2.05, 4.69) is 19.1 Å². The molecule has 0 heterocycles. The van der Waals surface area contributed by atoms with Gasteiger partial charge in [-0.15, -0.1) is 0 Å². The average Bonchev–Trinajstić information content (AvgIpc) is 2.31.